The van der Waals surface area contributed by atoms with Gasteiger partial charge in [0.1, 0.15) is 0 Å². The zero-order chi connectivity index (χ0) is 10.3. The predicted octanol–water partition coefficient (Wildman–Crippen LogP) is 0.768. The number of hydrogen-bond donors (Lipinski definition) is 1. The molecule has 4 heteroatoms. The third kappa shape index (κ3) is 7.16. The molecule has 3 unspecified atom stereocenters. The molecule has 0 aromatic heterocycles. The van der Waals surface area contributed by atoms with Crippen molar-refractivity contribution in [1.29, 1.82) is 0 Å². The molecule has 13 heavy (non-hydrogen) atoms. The van der Waals surface area contributed by atoms with Gasteiger partial charge in [-0.05, 0) is 26.8 Å². The fourth-order valence-corrected chi connectivity index (χ4v) is 1.53. The molecule has 0 fully saturated rings. The first kappa shape index (κ1) is 13.1. The molecule has 0 rings (SSSR count). The van der Waals surface area contributed by atoms with Crippen LogP contribution in [-0.4, -0.2) is 42.0 Å². The van der Waals surface area contributed by atoms with Crippen molar-refractivity contribution in [2.75, 3.05) is 25.7 Å². The van der Waals surface area contributed by atoms with Crippen LogP contribution in [0.4, 0.5) is 0 Å². The van der Waals surface area contributed by atoms with Crippen LogP contribution >= 0.6 is 0 Å². The minimum Gasteiger partial charge on any atom is -0.380 e. The van der Waals surface area contributed by atoms with Crippen LogP contribution in [0.2, 0.25) is 0 Å². The van der Waals surface area contributed by atoms with E-state index in [1.807, 2.05) is 6.92 Å². The largest absolute Gasteiger partial charge is 0.380 e. The van der Waals surface area contributed by atoms with Gasteiger partial charge in [-0.2, -0.15) is 0 Å². The molecule has 0 amide bonds. The van der Waals surface area contributed by atoms with E-state index in [4.69, 9.17) is 4.74 Å². The normalized spacial score (nSPS) is 18.2. The highest BCUT2D eigenvalue weighted by Gasteiger charge is 2.09. The summed E-state index contributed by atoms with van der Waals surface area (Å²) >= 11 is 0. The van der Waals surface area contributed by atoms with Crippen molar-refractivity contribution in [1.82, 2.24) is 5.32 Å². The molecule has 0 heterocycles. The van der Waals surface area contributed by atoms with Gasteiger partial charge in [0.05, 0.1) is 6.10 Å². The Morgan fingerprint density at radius 3 is 2.54 bits per heavy atom. The molecule has 0 aromatic rings. The van der Waals surface area contributed by atoms with Gasteiger partial charge in [0.15, 0.2) is 0 Å². The van der Waals surface area contributed by atoms with Gasteiger partial charge in [0.25, 0.3) is 0 Å². The first-order valence-electron chi connectivity index (χ1n) is 4.64. The number of ether oxygens (including phenoxy) is 1. The summed E-state index contributed by atoms with van der Waals surface area (Å²) in [5, 5.41) is 3.33. The first-order chi connectivity index (χ1) is 6.07. The summed E-state index contributed by atoms with van der Waals surface area (Å²) < 4.78 is 15.9. The second-order valence-corrected chi connectivity index (χ2v) is 4.87. The summed E-state index contributed by atoms with van der Waals surface area (Å²) in [6.07, 6.45) is 2.93. The quantitative estimate of drug-likeness (QED) is 0.627. The lowest BCUT2D eigenvalue weighted by atomic mass is 10.2. The molecule has 0 aliphatic rings. The molecule has 0 saturated carbocycles. The van der Waals surface area contributed by atoms with E-state index in [0.29, 0.717) is 6.04 Å². The van der Waals surface area contributed by atoms with Crippen LogP contribution in [-0.2, 0) is 15.5 Å². The van der Waals surface area contributed by atoms with Gasteiger partial charge in [-0.1, -0.05) is 0 Å². The first-order valence-corrected chi connectivity index (χ1v) is 6.36. The number of rotatable bonds is 7. The van der Waals surface area contributed by atoms with Gasteiger partial charge >= 0.3 is 0 Å². The molecular weight excluding hydrogens is 186 g/mol. The third-order valence-corrected chi connectivity index (χ3v) is 3.01. The smallest absolute Gasteiger partial charge is 0.0693 e. The topological polar surface area (TPSA) is 38.3 Å². The van der Waals surface area contributed by atoms with Crippen LogP contribution in [0.5, 0.6) is 0 Å². The molecule has 0 bridgehead atoms. The Kier molecular flexibility index (Phi) is 7.51. The Hall–Kier alpha value is 0.0700. The second kappa shape index (κ2) is 7.47. The summed E-state index contributed by atoms with van der Waals surface area (Å²) in [4.78, 5) is 0. The predicted molar refractivity (Wildman–Crippen MR) is 57.5 cm³/mol. The Morgan fingerprint density at radius 2 is 2.08 bits per heavy atom. The SMILES string of the molecule is COC(C)C(C)NCCCS(C)=O. The molecule has 0 aromatic carbocycles. The summed E-state index contributed by atoms with van der Waals surface area (Å²) in [6, 6.07) is 0.357. The highest BCUT2D eigenvalue weighted by molar-refractivity contribution is 7.84. The van der Waals surface area contributed by atoms with Crippen LogP contribution in [0.1, 0.15) is 20.3 Å². The van der Waals surface area contributed by atoms with Gasteiger partial charge in [-0.15, -0.1) is 0 Å². The fraction of sp³-hybridized carbons (Fsp3) is 1.00. The Bertz CT molecular complexity index is 153. The lowest BCUT2D eigenvalue weighted by molar-refractivity contribution is 0.0889. The average molecular weight is 207 g/mol. The van der Waals surface area contributed by atoms with Crippen LogP contribution in [0, 0.1) is 0 Å². The molecule has 1 N–H and O–H groups in total. The molecule has 0 aliphatic carbocycles. The van der Waals surface area contributed by atoms with Crippen molar-refractivity contribution >= 4 is 10.8 Å². The molecule has 0 saturated heterocycles. The van der Waals surface area contributed by atoms with E-state index in [9.17, 15) is 4.21 Å². The van der Waals surface area contributed by atoms with Crippen LogP contribution in [0.15, 0.2) is 0 Å². The van der Waals surface area contributed by atoms with E-state index in [2.05, 4.69) is 12.2 Å². The maximum Gasteiger partial charge on any atom is 0.0693 e. The van der Waals surface area contributed by atoms with Gasteiger partial charge < -0.3 is 10.1 Å². The van der Waals surface area contributed by atoms with Crippen LogP contribution in [0.3, 0.4) is 0 Å². The maximum atomic E-state index is 10.7. The lowest BCUT2D eigenvalue weighted by Crippen LogP contribution is -2.37. The van der Waals surface area contributed by atoms with E-state index in [0.717, 1.165) is 18.7 Å². The molecule has 80 valence electrons. The second-order valence-electron chi connectivity index (χ2n) is 3.31. The lowest BCUT2D eigenvalue weighted by Gasteiger charge is -2.19. The molecule has 3 atom stereocenters. The Morgan fingerprint density at radius 1 is 1.46 bits per heavy atom. The van der Waals surface area contributed by atoms with Gasteiger partial charge in [-0.25, -0.2) is 0 Å². The van der Waals surface area contributed by atoms with Crippen molar-refractivity contribution in [2.24, 2.45) is 0 Å². The minimum atomic E-state index is -0.664. The van der Waals surface area contributed by atoms with Crippen LogP contribution < -0.4 is 5.32 Å². The van der Waals surface area contributed by atoms with Crippen molar-refractivity contribution in [2.45, 2.75) is 32.4 Å². The zero-order valence-corrected chi connectivity index (χ0v) is 9.82. The van der Waals surface area contributed by atoms with E-state index in [1.165, 1.54) is 0 Å². The molecule has 0 aliphatic heterocycles. The van der Waals surface area contributed by atoms with Crippen molar-refractivity contribution in [3.05, 3.63) is 0 Å². The van der Waals surface area contributed by atoms with Gasteiger partial charge in [0, 0.05) is 36.0 Å². The Labute approximate surface area is 83.7 Å². The van der Waals surface area contributed by atoms with E-state index in [-0.39, 0.29) is 6.10 Å². The standard InChI is InChI=1S/C9H21NO2S/c1-8(9(2)12-3)10-6-5-7-13(4)11/h8-10H,5-7H2,1-4H3. The van der Waals surface area contributed by atoms with Crippen molar-refractivity contribution in [3.8, 4) is 0 Å². The molecular formula is C9H21NO2S. The highest BCUT2D eigenvalue weighted by atomic mass is 32.2. The third-order valence-electron chi connectivity index (χ3n) is 2.15. The summed E-state index contributed by atoms with van der Waals surface area (Å²) in [7, 11) is 1.05. The fourth-order valence-electron chi connectivity index (χ4n) is 0.975. The van der Waals surface area contributed by atoms with E-state index >= 15 is 0 Å². The Balaban J connectivity index is 3.36. The average Bonchev–Trinajstić information content (AvgIpc) is 2.10. The van der Waals surface area contributed by atoms with Crippen LogP contribution in [0.25, 0.3) is 0 Å². The minimum absolute atomic E-state index is 0.229. The van der Waals surface area contributed by atoms with E-state index < -0.39 is 10.8 Å². The number of methoxy groups -OCH3 is 1. The maximum absolute atomic E-state index is 10.7. The van der Waals surface area contributed by atoms with Crippen molar-refractivity contribution in [3.63, 3.8) is 0 Å². The summed E-state index contributed by atoms with van der Waals surface area (Å²) in [5.74, 6) is 0.779. The number of nitrogens with one attached hydrogen (secondary N) is 1. The monoisotopic (exact) mass is 207 g/mol. The highest BCUT2D eigenvalue weighted by Crippen LogP contribution is 1.95. The van der Waals surface area contributed by atoms with Crippen molar-refractivity contribution < 1.29 is 8.95 Å². The molecule has 0 radical (unpaired) electrons. The van der Waals surface area contributed by atoms with E-state index in [1.54, 1.807) is 13.4 Å². The summed E-state index contributed by atoms with van der Waals surface area (Å²) in [6.45, 7) is 5.04. The summed E-state index contributed by atoms with van der Waals surface area (Å²) in [5.41, 5.74) is 0. The molecule has 3 nitrogen and oxygen atoms in total. The van der Waals surface area contributed by atoms with Gasteiger partial charge in [0.2, 0.25) is 0 Å². The van der Waals surface area contributed by atoms with Gasteiger partial charge in [-0.3, -0.25) is 4.21 Å². The number of hydrogen-bond acceptors (Lipinski definition) is 3. The molecule has 0 spiro atoms. The zero-order valence-electron chi connectivity index (χ0n) is 9.00.